The van der Waals surface area contributed by atoms with Crippen molar-refractivity contribution >= 4 is 17.7 Å². The topological polar surface area (TPSA) is 61.5 Å². The van der Waals surface area contributed by atoms with Gasteiger partial charge in [0.2, 0.25) is 0 Å². The minimum Gasteiger partial charge on any atom is -0.465 e. The largest absolute Gasteiger partial charge is 0.465 e. The number of thioether (sulfide) groups is 1. The molecule has 18 heavy (non-hydrogen) atoms. The van der Waals surface area contributed by atoms with Gasteiger partial charge >= 0.3 is 5.97 Å². The summed E-state index contributed by atoms with van der Waals surface area (Å²) in [5.41, 5.74) is 5.14. The molecule has 1 heterocycles. The maximum absolute atomic E-state index is 11.7. The molecule has 0 spiro atoms. The van der Waals surface area contributed by atoms with Crippen LogP contribution in [0.1, 0.15) is 40.5 Å². The summed E-state index contributed by atoms with van der Waals surface area (Å²) in [6.07, 6.45) is 2.00. The first-order valence-electron chi connectivity index (χ1n) is 6.60. The standard InChI is InChI=1S/C13H25NO3S/c1-5-16-12(15)13(4,14)8-9(2)18-11-6-7-17-10(11)3/h9-11H,5-8,14H2,1-4H3. The second-order valence-corrected chi connectivity index (χ2v) is 6.87. The molecule has 1 fully saturated rings. The van der Waals surface area contributed by atoms with Crippen LogP contribution >= 0.6 is 11.8 Å². The minimum atomic E-state index is -0.898. The summed E-state index contributed by atoms with van der Waals surface area (Å²) in [6, 6.07) is 0. The van der Waals surface area contributed by atoms with Crippen molar-refractivity contribution in [1.82, 2.24) is 0 Å². The van der Waals surface area contributed by atoms with Gasteiger partial charge in [-0.2, -0.15) is 11.8 Å². The van der Waals surface area contributed by atoms with E-state index in [1.54, 1.807) is 13.8 Å². The average Bonchev–Trinajstić information content (AvgIpc) is 2.63. The van der Waals surface area contributed by atoms with E-state index in [1.165, 1.54) is 0 Å². The molecule has 0 amide bonds. The van der Waals surface area contributed by atoms with Crippen molar-refractivity contribution in [2.24, 2.45) is 5.73 Å². The van der Waals surface area contributed by atoms with Crippen molar-refractivity contribution in [2.75, 3.05) is 13.2 Å². The van der Waals surface area contributed by atoms with E-state index in [1.807, 2.05) is 11.8 Å². The van der Waals surface area contributed by atoms with Gasteiger partial charge in [-0.1, -0.05) is 6.92 Å². The van der Waals surface area contributed by atoms with E-state index in [0.29, 0.717) is 29.6 Å². The van der Waals surface area contributed by atoms with Crippen LogP contribution in [0.25, 0.3) is 0 Å². The third-order valence-electron chi connectivity index (χ3n) is 3.17. The van der Waals surface area contributed by atoms with Gasteiger partial charge in [0, 0.05) is 17.1 Å². The summed E-state index contributed by atoms with van der Waals surface area (Å²) in [5.74, 6) is -0.312. The molecule has 4 atom stereocenters. The number of esters is 1. The SMILES string of the molecule is CCOC(=O)C(C)(N)CC(C)SC1CCOC1C. The Hall–Kier alpha value is -0.260. The highest BCUT2D eigenvalue weighted by Gasteiger charge is 2.34. The smallest absolute Gasteiger partial charge is 0.325 e. The Morgan fingerprint density at radius 2 is 2.33 bits per heavy atom. The van der Waals surface area contributed by atoms with Crippen molar-refractivity contribution in [3.8, 4) is 0 Å². The van der Waals surface area contributed by atoms with E-state index in [2.05, 4.69) is 13.8 Å². The predicted octanol–water partition coefficient (Wildman–Crippen LogP) is 1.96. The molecule has 0 bridgehead atoms. The third-order valence-corrected chi connectivity index (χ3v) is 4.77. The van der Waals surface area contributed by atoms with Gasteiger partial charge in [-0.3, -0.25) is 4.79 Å². The summed E-state index contributed by atoms with van der Waals surface area (Å²) in [4.78, 5) is 11.7. The van der Waals surface area contributed by atoms with Crippen LogP contribution < -0.4 is 5.73 Å². The van der Waals surface area contributed by atoms with Gasteiger partial charge in [0.25, 0.3) is 0 Å². The van der Waals surface area contributed by atoms with Crippen LogP contribution in [0.2, 0.25) is 0 Å². The quantitative estimate of drug-likeness (QED) is 0.751. The van der Waals surface area contributed by atoms with E-state index < -0.39 is 5.54 Å². The Balaban J connectivity index is 2.42. The van der Waals surface area contributed by atoms with Gasteiger partial charge in [-0.15, -0.1) is 0 Å². The van der Waals surface area contributed by atoms with E-state index in [4.69, 9.17) is 15.2 Å². The molecule has 0 aliphatic carbocycles. The first-order valence-corrected chi connectivity index (χ1v) is 7.54. The van der Waals surface area contributed by atoms with Gasteiger partial charge in [0.15, 0.2) is 0 Å². The fourth-order valence-corrected chi connectivity index (χ4v) is 3.79. The Kier molecular flexibility index (Phi) is 5.95. The maximum atomic E-state index is 11.7. The van der Waals surface area contributed by atoms with Crippen LogP contribution in [-0.2, 0) is 14.3 Å². The molecule has 0 aromatic carbocycles. The summed E-state index contributed by atoms with van der Waals surface area (Å²) in [5, 5.41) is 0.830. The van der Waals surface area contributed by atoms with Crippen molar-refractivity contribution in [1.29, 1.82) is 0 Å². The molecule has 4 nitrogen and oxygen atoms in total. The summed E-state index contributed by atoms with van der Waals surface area (Å²) in [6.45, 7) is 8.97. The molecule has 1 rings (SSSR count). The number of nitrogens with two attached hydrogens (primary N) is 1. The second kappa shape index (κ2) is 6.78. The Morgan fingerprint density at radius 1 is 1.67 bits per heavy atom. The Labute approximate surface area is 114 Å². The molecule has 0 radical (unpaired) electrons. The molecule has 1 aliphatic rings. The van der Waals surface area contributed by atoms with E-state index in [9.17, 15) is 4.79 Å². The van der Waals surface area contributed by atoms with E-state index >= 15 is 0 Å². The lowest BCUT2D eigenvalue weighted by molar-refractivity contribution is -0.149. The molecule has 0 aromatic rings. The highest BCUT2D eigenvalue weighted by Crippen LogP contribution is 2.32. The molecule has 5 heteroatoms. The zero-order chi connectivity index (χ0) is 13.8. The molecular weight excluding hydrogens is 250 g/mol. The van der Waals surface area contributed by atoms with E-state index in [-0.39, 0.29) is 5.97 Å². The number of carbonyl (C=O) groups excluding carboxylic acids is 1. The number of hydrogen-bond acceptors (Lipinski definition) is 5. The molecule has 4 unspecified atom stereocenters. The van der Waals surface area contributed by atoms with Gasteiger partial charge in [-0.05, 0) is 33.6 Å². The maximum Gasteiger partial charge on any atom is 0.325 e. The molecule has 0 saturated carbocycles. The van der Waals surface area contributed by atoms with Crippen LogP contribution in [0.5, 0.6) is 0 Å². The normalized spacial score (nSPS) is 28.7. The predicted molar refractivity (Wildman–Crippen MR) is 74.7 cm³/mol. The van der Waals surface area contributed by atoms with Crippen LogP contribution in [0, 0.1) is 0 Å². The summed E-state index contributed by atoms with van der Waals surface area (Å²) >= 11 is 1.86. The molecule has 1 saturated heterocycles. The van der Waals surface area contributed by atoms with Gasteiger partial charge in [0.1, 0.15) is 5.54 Å². The second-order valence-electron chi connectivity index (χ2n) is 5.19. The first kappa shape index (κ1) is 15.8. The van der Waals surface area contributed by atoms with Crippen LogP contribution in [0.15, 0.2) is 0 Å². The third kappa shape index (κ3) is 4.44. The molecular formula is C13H25NO3S. The Bertz CT molecular complexity index is 283. The van der Waals surface area contributed by atoms with Gasteiger partial charge < -0.3 is 15.2 Å². The lowest BCUT2D eigenvalue weighted by atomic mass is 9.98. The van der Waals surface area contributed by atoms with Crippen molar-refractivity contribution < 1.29 is 14.3 Å². The van der Waals surface area contributed by atoms with Gasteiger partial charge in [-0.25, -0.2) is 0 Å². The van der Waals surface area contributed by atoms with Crippen LogP contribution in [0.3, 0.4) is 0 Å². The first-order chi connectivity index (χ1) is 8.36. The zero-order valence-electron chi connectivity index (χ0n) is 11.8. The highest BCUT2D eigenvalue weighted by atomic mass is 32.2. The monoisotopic (exact) mass is 275 g/mol. The number of hydrogen-bond donors (Lipinski definition) is 1. The number of carbonyl (C=O) groups is 1. The number of rotatable bonds is 6. The van der Waals surface area contributed by atoms with Crippen LogP contribution in [0.4, 0.5) is 0 Å². The molecule has 0 aromatic heterocycles. The Morgan fingerprint density at radius 3 is 2.83 bits per heavy atom. The summed E-state index contributed by atoms with van der Waals surface area (Å²) in [7, 11) is 0. The summed E-state index contributed by atoms with van der Waals surface area (Å²) < 4.78 is 10.5. The highest BCUT2D eigenvalue weighted by molar-refractivity contribution is 8.00. The van der Waals surface area contributed by atoms with Gasteiger partial charge in [0.05, 0.1) is 12.7 Å². The van der Waals surface area contributed by atoms with Crippen molar-refractivity contribution in [2.45, 2.75) is 62.7 Å². The molecule has 106 valence electrons. The number of ether oxygens (including phenoxy) is 2. The zero-order valence-corrected chi connectivity index (χ0v) is 12.6. The van der Waals surface area contributed by atoms with E-state index in [0.717, 1.165) is 13.0 Å². The van der Waals surface area contributed by atoms with Crippen molar-refractivity contribution in [3.05, 3.63) is 0 Å². The molecule has 2 N–H and O–H groups in total. The fraction of sp³-hybridized carbons (Fsp3) is 0.923. The lowest BCUT2D eigenvalue weighted by Crippen LogP contribution is -2.48. The average molecular weight is 275 g/mol. The lowest BCUT2D eigenvalue weighted by Gasteiger charge is -2.27. The fourth-order valence-electron chi connectivity index (χ4n) is 2.21. The molecule has 1 aliphatic heterocycles. The van der Waals surface area contributed by atoms with Crippen molar-refractivity contribution in [3.63, 3.8) is 0 Å². The van der Waals surface area contributed by atoms with Crippen LogP contribution in [-0.4, -0.2) is 41.3 Å². The minimum absolute atomic E-state index is 0.295.